The molecule has 10 nitrogen and oxygen atoms in total. The van der Waals surface area contributed by atoms with Gasteiger partial charge in [-0.25, -0.2) is 0 Å². The predicted octanol–water partition coefficient (Wildman–Crippen LogP) is 0.379. The second-order valence-corrected chi connectivity index (χ2v) is 6.07. The van der Waals surface area contributed by atoms with Gasteiger partial charge in [-0.3, -0.25) is 19.4 Å². The van der Waals surface area contributed by atoms with Gasteiger partial charge in [0, 0.05) is 0 Å². The highest BCUT2D eigenvalue weighted by Gasteiger charge is 2.16. The standard InChI is InChI=1S/C18H20N2O8/c19-11(17(23)24)5-9-2-4-15(14(22)7-9)27-28-16-8-10(1-3-13(16)21)6-12(20)18(25)26/h1-4,7-8,11-12,21-22H,5-6,19-20H2,(H,23,24)(H,25,26)/t11-,12-/m1/s1. The number of phenols is 2. The van der Waals surface area contributed by atoms with Crippen molar-refractivity contribution in [3.8, 4) is 23.0 Å². The third-order valence-electron chi connectivity index (χ3n) is 3.81. The van der Waals surface area contributed by atoms with Gasteiger partial charge in [-0.1, -0.05) is 12.1 Å². The van der Waals surface area contributed by atoms with Gasteiger partial charge >= 0.3 is 11.9 Å². The largest absolute Gasteiger partial charge is 0.504 e. The highest BCUT2D eigenvalue weighted by atomic mass is 17.2. The zero-order chi connectivity index (χ0) is 20.8. The summed E-state index contributed by atoms with van der Waals surface area (Å²) in [4.78, 5) is 31.7. The molecule has 10 heteroatoms. The molecule has 0 saturated carbocycles. The molecule has 150 valence electrons. The molecule has 0 aromatic heterocycles. The Bertz CT molecular complexity index is 871. The molecule has 0 unspecified atom stereocenters. The Morgan fingerprint density at radius 1 is 0.786 bits per heavy atom. The zero-order valence-electron chi connectivity index (χ0n) is 14.6. The van der Waals surface area contributed by atoms with Crippen molar-refractivity contribution in [3.05, 3.63) is 47.5 Å². The lowest BCUT2D eigenvalue weighted by Gasteiger charge is -2.12. The molecule has 2 aromatic rings. The van der Waals surface area contributed by atoms with Crippen LogP contribution >= 0.6 is 0 Å². The van der Waals surface area contributed by atoms with E-state index in [0.29, 0.717) is 11.1 Å². The fraction of sp³-hybridized carbons (Fsp3) is 0.222. The normalized spacial score (nSPS) is 12.8. The number of carbonyl (C=O) groups is 2. The second kappa shape index (κ2) is 8.93. The molecule has 28 heavy (non-hydrogen) atoms. The molecule has 8 N–H and O–H groups in total. The summed E-state index contributed by atoms with van der Waals surface area (Å²) in [5.41, 5.74) is 11.9. The number of rotatable bonds is 9. The zero-order valence-corrected chi connectivity index (χ0v) is 14.6. The lowest BCUT2D eigenvalue weighted by atomic mass is 10.1. The van der Waals surface area contributed by atoms with E-state index in [1.165, 1.54) is 36.4 Å². The Hall–Kier alpha value is -3.50. The Balaban J connectivity index is 2.07. The van der Waals surface area contributed by atoms with Crippen LogP contribution in [0.15, 0.2) is 36.4 Å². The highest BCUT2D eigenvalue weighted by Crippen LogP contribution is 2.31. The molecule has 0 radical (unpaired) electrons. The van der Waals surface area contributed by atoms with E-state index in [0.717, 1.165) is 0 Å². The van der Waals surface area contributed by atoms with Crippen LogP contribution in [0.25, 0.3) is 0 Å². The topological polar surface area (TPSA) is 186 Å². The summed E-state index contributed by atoms with van der Waals surface area (Å²) < 4.78 is 0. The van der Waals surface area contributed by atoms with Crippen molar-refractivity contribution in [2.75, 3.05) is 0 Å². The van der Waals surface area contributed by atoms with Crippen LogP contribution in [0.4, 0.5) is 0 Å². The fourth-order valence-electron chi connectivity index (χ4n) is 2.28. The molecule has 0 bridgehead atoms. The van der Waals surface area contributed by atoms with Crippen LogP contribution in [0.3, 0.4) is 0 Å². The average Bonchev–Trinajstić information content (AvgIpc) is 2.63. The fourth-order valence-corrected chi connectivity index (χ4v) is 2.28. The predicted molar refractivity (Wildman–Crippen MR) is 96.1 cm³/mol. The number of aliphatic carboxylic acids is 2. The number of carboxylic acids is 2. The average molecular weight is 392 g/mol. The lowest BCUT2D eigenvalue weighted by molar-refractivity contribution is -0.139. The molecule has 0 spiro atoms. The number of aromatic hydroxyl groups is 2. The van der Waals surface area contributed by atoms with E-state index in [9.17, 15) is 19.8 Å². The number of hydrogen-bond donors (Lipinski definition) is 6. The van der Waals surface area contributed by atoms with Crippen LogP contribution in [0, 0.1) is 0 Å². The van der Waals surface area contributed by atoms with Crippen LogP contribution in [0.5, 0.6) is 23.0 Å². The van der Waals surface area contributed by atoms with E-state index in [1.54, 1.807) is 0 Å². The van der Waals surface area contributed by atoms with Gasteiger partial charge in [0.25, 0.3) is 0 Å². The maximum absolute atomic E-state index is 10.8. The summed E-state index contributed by atoms with van der Waals surface area (Å²) in [7, 11) is 0. The molecule has 0 fully saturated rings. The summed E-state index contributed by atoms with van der Waals surface area (Å²) in [5.74, 6) is -3.11. The number of phenolic OH excluding ortho intramolecular Hbond substituents is 2. The van der Waals surface area contributed by atoms with E-state index < -0.39 is 24.0 Å². The molecule has 0 saturated heterocycles. The molecule has 0 aliphatic heterocycles. The smallest absolute Gasteiger partial charge is 0.320 e. The summed E-state index contributed by atoms with van der Waals surface area (Å²) in [5, 5.41) is 37.5. The van der Waals surface area contributed by atoms with Crippen molar-refractivity contribution in [2.24, 2.45) is 11.5 Å². The number of benzene rings is 2. The highest BCUT2D eigenvalue weighted by molar-refractivity contribution is 5.74. The molecular formula is C18H20N2O8. The van der Waals surface area contributed by atoms with Gasteiger partial charge in [0.15, 0.2) is 11.5 Å². The Morgan fingerprint density at radius 3 is 1.82 bits per heavy atom. The summed E-state index contributed by atoms with van der Waals surface area (Å²) >= 11 is 0. The molecule has 2 atom stereocenters. The monoisotopic (exact) mass is 392 g/mol. The Morgan fingerprint density at radius 2 is 1.29 bits per heavy atom. The van der Waals surface area contributed by atoms with Crippen LogP contribution in [-0.2, 0) is 22.4 Å². The van der Waals surface area contributed by atoms with Crippen molar-refractivity contribution in [1.82, 2.24) is 0 Å². The summed E-state index contributed by atoms with van der Waals surface area (Å²) in [6, 6.07) is 6.04. The van der Waals surface area contributed by atoms with Crippen molar-refractivity contribution in [2.45, 2.75) is 24.9 Å². The van der Waals surface area contributed by atoms with Crippen LogP contribution < -0.4 is 21.2 Å². The maximum atomic E-state index is 10.8. The molecule has 0 heterocycles. The molecule has 0 amide bonds. The van der Waals surface area contributed by atoms with E-state index in [2.05, 4.69) is 0 Å². The summed E-state index contributed by atoms with van der Waals surface area (Å²) in [6.45, 7) is 0. The number of nitrogens with two attached hydrogens (primary N) is 2. The minimum absolute atomic E-state index is 0.00968. The Kier molecular flexibility index (Phi) is 6.64. The van der Waals surface area contributed by atoms with E-state index in [-0.39, 0.29) is 35.8 Å². The maximum Gasteiger partial charge on any atom is 0.320 e. The van der Waals surface area contributed by atoms with Gasteiger partial charge in [0.1, 0.15) is 12.1 Å². The first-order chi connectivity index (χ1) is 13.2. The molecule has 2 aromatic carbocycles. The van der Waals surface area contributed by atoms with Gasteiger partial charge in [-0.15, -0.1) is 0 Å². The third-order valence-corrected chi connectivity index (χ3v) is 3.81. The minimum atomic E-state index is -1.17. The van der Waals surface area contributed by atoms with Crippen LogP contribution in [0.2, 0.25) is 0 Å². The second-order valence-electron chi connectivity index (χ2n) is 6.07. The van der Waals surface area contributed by atoms with Crippen molar-refractivity contribution >= 4 is 11.9 Å². The SMILES string of the molecule is N[C@H](Cc1ccc(OOc2cc(C[C@@H](N)C(=O)O)ccc2O)c(O)c1)C(=O)O. The van der Waals surface area contributed by atoms with Crippen LogP contribution in [0.1, 0.15) is 11.1 Å². The first kappa shape index (κ1) is 20.8. The van der Waals surface area contributed by atoms with Crippen molar-refractivity contribution < 1.29 is 39.8 Å². The van der Waals surface area contributed by atoms with E-state index >= 15 is 0 Å². The van der Waals surface area contributed by atoms with Gasteiger partial charge in [-0.05, 0) is 48.2 Å². The first-order valence-electron chi connectivity index (χ1n) is 8.12. The molecular weight excluding hydrogens is 372 g/mol. The number of hydrogen-bond acceptors (Lipinski definition) is 8. The first-order valence-corrected chi connectivity index (χ1v) is 8.12. The van der Waals surface area contributed by atoms with Crippen molar-refractivity contribution in [1.29, 1.82) is 0 Å². The Labute approximate surface area is 159 Å². The van der Waals surface area contributed by atoms with Gasteiger partial charge in [-0.2, -0.15) is 0 Å². The molecule has 0 aliphatic rings. The quantitative estimate of drug-likeness (QED) is 0.257. The lowest BCUT2D eigenvalue weighted by Crippen LogP contribution is -2.32. The molecule has 2 rings (SSSR count). The van der Waals surface area contributed by atoms with Gasteiger partial charge in [0.05, 0.1) is 0 Å². The van der Waals surface area contributed by atoms with E-state index in [1.807, 2.05) is 0 Å². The summed E-state index contributed by atoms with van der Waals surface area (Å²) in [6.07, 6.45) is 0.0203. The minimum Gasteiger partial charge on any atom is -0.504 e. The third kappa shape index (κ3) is 5.50. The number of carboxylic acid groups (broad SMARTS) is 2. The van der Waals surface area contributed by atoms with Gasteiger partial charge in [0.2, 0.25) is 11.5 Å². The molecule has 0 aliphatic carbocycles. The van der Waals surface area contributed by atoms with E-state index in [4.69, 9.17) is 31.5 Å². The van der Waals surface area contributed by atoms with Gasteiger partial charge < -0.3 is 31.9 Å². The van der Waals surface area contributed by atoms with Crippen molar-refractivity contribution in [3.63, 3.8) is 0 Å². The van der Waals surface area contributed by atoms with Crippen LogP contribution in [-0.4, -0.2) is 44.4 Å².